The van der Waals surface area contributed by atoms with E-state index >= 15 is 0 Å². The molecular weight excluding hydrogens is 344 g/mol. The molecule has 0 N–H and O–H groups in total. The largest absolute Gasteiger partial charge is 0.496 e. The van der Waals surface area contributed by atoms with Gasteiger partial charge >= 0.3 is 6.09 Å². The summed E-state index contributed by atoms with van der Waals surface area (Å²) in [5.74, 6) is 0.840. The van der Waals surface area contributed by atoms with Gasteiger partial charge in [-0.1, -0.05) is 17.7 Å². The van der Waals surface area contributed by atoms with Gasteiger partial charge in [-0.15, -0.1) is 0 Å². The van der Waals surface area contributed by atoms with Gasteiger partial charge in [0.1, 0.15) is 11.4 Å². The molecular formula is C21H32N2O4. The van der Waals surface area contributed by atoms with Gasteiger partial charge in [-0.2, -0.15) is 0 Å². The summed E-state index contributed by atoms with van der Waals surface area (Å²) in [6, 6.07) is 5.98. The SMILES string of the molecule is COc1ccc(C)cc1CN(C)C(=O)C1CCN(C(=O)OC(C)(C)C)CC1. The number of benzene rings is 1. The van der Waals surface area contributed by atoms with Gasteiger partial charge in [-0.3, -0.25) is 4.79 Å². The lowest BCUT2D eigenvalue weighted by Crippen LogP contribution is -2.45. The van der Waals surface area contributed by atoms with Crippen molar-refractivity contribution in [3.63, 3.8) is 0 Å². The Bertz CT molecular complexity index is 673. The number of piperidine rings is 1. The molecule has 0 radical (unpaired) electrons. The second-order valence-electron chi connectivity index (χ2n) is 8.25. The Morgan fingerprint density at radius 2 is 1.85 bits per heavy atom. The highest BCUT2D eigenvalue weighted by molar-refractivity contribution is 5.79. The van der Waals surface area contributed by atoms with Crippen molar-refractivity contribution in [3.8, 4) is 5.75 Å². The van der Waals surface area contributed by atoms with E-state index in [4.69, 9.17) is 9.47 Å². The van der Waals surface area contributed by atoms with Crippen LogP contribution in [0.15, 0.2) is 18.2 Å². The minimum Gasteiger partial charge on any atom is -0.496 e. The minimum absolute atomic E-state index is 0.0653. The molecule has 2 rings (SSSR count). The number of carbonyl (C=O) groups excluding carboxylic acids is 2. The molecule has 6 heteroatoms. The zero-order chi connectivity index (χ0) is 20.2. The Labute approximate surface area is 162 Å². The van der Waals surface area contributed by atoms with Gasteiger partial charge in [0, 0.05) is 38.2 Å². The number of likely N-dealkylation sites (tertiary alicyclic amines) is 1. The van der Waals surface area contributed by atoms with Crippen LogP contribution in [0.5, 0.6) is 5.75 Å². The summed E-state index contributed by atoms with van der Waals surface area (Å²) in [6.07, 6.45) is 1.02. The number of carbonyl (C=O) groups is 2. The van der Waals surface area contributed by atoms with Crippen molar-refractivity contribution in [2.45, 2.75) is 52.7 Å². The first kappa shape index (κ1) is 21.1. The normalized spacial score (nSPS) is 15.4. The molecule has 0 aromatic heterocycles. The van der Waals surface area contributed by atoms with Crippen LogP contribution in [0.1, 0.15) is 44.7 Å². The molecule has 0 atom stereocenters. The van der Waals surface area contributed by atoms with Crippen LogP contribution >= 0.6 is 0 Å². The van der Waals surface area contributed by atoms with Crippen molar-refractivity contribution in [1.29, 1.82) is 0 Å². The zero-order valence-electron chi connectivity index (χ0n) is 17.4. The highest BCUT2D eigenvalue weighted by Crippen LogP contribution is 2.25. The van der Waals surface area contributed by atoms with Gasteiger partial charge in [0.05, 0.1) is 7.11 Å². The molecule has 0 spiro atoms. The highest BCUT2D eigenvalue weighted by Gasteiger charge is 2.31. The Hall–Kier alpha value is -2.24. The molecule has 0 saturated carbocycles. The lowest BCUT2D eigenvalue weighted by Gasteiger charge is -2.34. The average Bonchev–Trinajstić information content (AvgIpc) is 2.60. The fraction of sp³-hybridized carbons (Fsp3) is 0.619. The minimum atomic E-state index is -0.503. The van der Waals surface area contributed by atoms with Gasteiger partial charge in [0.25, 0.3) is 0 Å². The third-order valence-corrected chi connectivity index (χ3v) is 4.72. The monoisotopic (exact) mass is 376 g/mol. The summed E-state index contributed by atoms with van der Waals surface area (Å²) in [4.78, 5) is 28.5. The van der Waals surface area contributed by atoms with Gasteiger partial charge < -0.3 is 19.3 Å². The molecule has 0 bridgehead atoms. The summed E-state index contributed by atoms with van der Waals surface area (Å²) < 4.78 is 10.8. The fourth-order valence-electron chi connectivity index (χ4n) is 3.31. The second kappa shape index (κ2) is 8.63. The van der Waals surface area contributed by atoms with Crippen molar-refractivity contribution in [3.05, 3.63) is 29.3 Å². The molecule has 1 aromatic carbocycles. The summed E-state index contributed by atoms with van der Waals surface area (Å²) in [5.41, 5.74) is 1.63. The van der Waals surface area contributed by atoms with E-state index in [1.165, 1.54) is 0 Å². The number of rotatable bonds is 4. The summed E-state index contributed by atoms with van der Waals surface area (Å²) >= 11 is 0. The van der Waals surface area contributed by atoms with Crippen LogP contribution in [0, 0.1) is 12.8 Å². The van der Waals surface area contributed by atoms with Gasteiger partial charge in [-0.05, 0) is 46.6 Å². The number of amides is 2. The van der Waals surface area contributed by atoms with E-state index < -0.39 is 5.60 Å². The third kappa shape index (κ3) is 5.88. The number of aryl methyl sites for hydroxylation is 1. The van der Waals surface area contributed by atoms with Gasteiger partial charge in [-0.25, -0.2) is 4.79 Å². The highest BCUT2D eigenvalue weighted by atomic mass is 16.6. The summed E-state index contributed by atoms with van der Waals surface area (Å²) in [5, 5.41) is 0. The molecule has 0 unspecified atom stereocenters. The maximum Gasteiger partial charge on any atom is 0.410 e. The van der Waals surface area contributed by atoms with E-state index in [9.17, 15) is 9.59 Å². The molecule has 1 aliphatic heterocycles. The average molecular weight is 376 g/mol. The Morgan fingerprint density at radius 3 is 2.41 bits per heavy atom. The van der Waals surface area contributed by atoms with E-state index in [0.717, 1.165) is 16.9 Å². The number of nitrogens with zero attached hydrogens (tertiary/aromatic N) is 2. The Balaban J connectivity index is 1.92. The number of methoxy groups -OCH3 is 1. The molecule has 1 saturated heterocycles. The van der Waals surface area contributed by atoms with Crippen molar-refractivity contribution >= 4 is 12.0 Å². The topological polar surface area (TPSA) is 59.1 Å². The van der Waals surface area contributed by atoms with E-state index in [0.29, 0.717) is 32.5 Å². The van der Waals surface area contributed by atoms with E-state index in [1.807, 2.05) is 52.9 Å². The van der Waals surface area contributed by atoms with Crippen molar-refractivity contribution in [1.82, 2.24) is 9.80 Å². The summed E-state index contributed by atoms with van der Waals surface area (Å²) in [6.45, 7) is 9.20. The molecule has 6 nitrogen and oxygen atoms in total. The predicted octanol–water partition coefficient (Wildman–Crippen LogP) is 3.61. The lowest BCUT2D eigenvalue weighted by atomic mass is 9.95. The fourth-order valence-corrected chi connectivity index (χ4v) is 3.31. The first-order valence-electron chi connectivity index (χ1n) is 9.47. The maximum atomic E-state index is 12.8. The van der Waals surface area contributed by atoms with E-state index in [1.54, 1.807) is 16.9 Å². The standard InChI is InChI=1S/C21H32N2O4/c1-15-7-8-18(26-6)17(13-15)14-22(5)19(24)16-9-11-23(12-10-16)20(25)27-21(2,3)4/h7-8,13,16H,9-12,14H2,1-6H3. The van der Waals surface area contributed by atoms with E-state index in [2.05, 4.69) is 0 Å². The quantitative estimate of drug-likeness (QED) is 0.805. The molecule has 1 aromatic rings. The van der Waals surface area contributed by atoms with Crippen LogP contribution in [0.2, 0.25) is 0 Å². The smallest absolute Gasteiger partial charge is 0.410 e. The molecule has 1 aliphatic rings. The van der Waals surface area contributed by atoms with Gasteiger partial charge in [0.2, 0.25) is 5.91 Å². The van der Waals surface area contributed by atoms with Crippen molar-refractivity contribution in [2.75, 3.05) is 27.2 Å². The third-order valence-electron chi connectivity index (χ3n) is 4.72. The molecule has 1 fully saturated rings. The Morgan fingerprint density at radius 1 is 1.22 bits per heavy atom. The lowest BCUT2D eigenvalue weighted by molar-refractivity contribution is -0.136. The molecule has 150 valence electrons. The van der Waals surface area contributed by atoms with Crippen LogP contribution < -0.4 is 4.74 Å². The maximum absolute atomic E-state index is 12.8. The van der Waals surface area contributed by atoms with Crippen LogP contribution in [0.4, 0.5) is 4.79 Å². The first-order valence-corrected chi connectivity index (χ1v) is 9.47. The predicted molar refractivity (Wildman–Crippen MR) is 105 cm³/mol. The van der Waals surface area contributed by atoms with Crippen LogP contribution in [0.25, 0.3) is 0 Å². The van der Waals surface area contributed by atoms with Crippen LogP contribution in [-0.4, -0.2) is 54.6 Å². The molecule has 0 aliphatic carbocycles. The zero-order valence-corrected chi connectivity index (χ0v) is 17.4. The molecule has 1 heterocycles. The van der Waals surface area contributed by atoms with Crippen molar-refractivity contribution in [2.24, 2.45) is 5.92 Å². The van der Waals surface area contributed by atoms with Crippen LogP contribution in [0.3, 0.4) is 0 Å². The summed E-state index contributed by atoms with van der Waals surface area (Å²) in [7, 11) is 3.47. The molecule has 2 amide bonds. The number of hydrogen-bond donors (Lipinski definition) is 0. The van der Waals surface area contributed by atoms with Crippen LogP contribution in [-0.2, 0) is 16.1 Å². The Kier molecular flexibility index (Phi) is 6.73. The number of hydrogen-bond acceptors (Lipinski definition) is 4. The second-order valence-corrected chi connectivity index (χ2v) is 8.25. The first-order chi connectivity index (χ1) is 12.6. The van der Waals surface area contributed by atoms with Gasteiger partial charge in [0.15, 0.2) is 0 Å². The van der Waals surface area contributed by atoms with Crippen molar-refractivity contribution < 1.29 is 19.1 Å². The number of ether oxygens (including phenoxy) is 2. The molecule has 27 heavy (non-hydrogen) atoms. The van der Waals surface area contributed by atoms with E-state index in [-0.39, 0.29) is 17.9 Å².